The first-order valence-electron chi connectivity index (χ1n) is 9.84. The van der Waals surface area contributed by atoms with Gasteiger partial charge in [0.2, 0.25) is 5.95 Å². The van der Waals surface area contributed by atoms with E-state index in [-0.39, 0.29) is 25.3 Å². The zero-order valence-corrected chi connectivity index (χ0v) is 18.6. The van der Waals surface area contributed by atoms with Gasteiger partial charge in [0.15, 0.2) is 0 Å². The lowest BCUT2D eigenvalue weighted by Crippen LogP contribution is -2.18. The second kappa shape index (κ2) is 10.1. The smallest absolute Gasteiger partial charge is 0.251 e. The van der Waals surface area contributed by atoms with Gasteiger partial charge in [0, 0.05) is 48.9 Å². The highest BCUT2D eigenvalue weighted by atomic mass is 32.1. The lowest BCUT2D eigenvalue weighted by Gasteiger charge is -2.16. The molecule has 2 N–H and O–H groups in total. The highest BCUT2D eigenvalue weighted by Gasteiger charge is 2.15. The minimum absolute atomic E-state index is 0. The van der Waals surface area contributed by atoms with Crippen LogP contribution in [0.25, 0.3) is 22.2 Å². The second-order valence-electron chi connectivity index (χ2n) is 7.12. The third-order valence-electron chi connectivity index (χ3n) is 5.08. The van der Waals surface area contributed by atoms with Crippen molar-refractivity contribution in [2.75, 3.05) is 18.9 Å². The van der Waals surface area contributed by atoms with Gasteiger partial charge in [0.1, 0.15) is 12.1 Å². The van der Waals surface area contributed by atoms with Crippen molar-refractivity contribution in [1.29, 1.82) is 0 Å². The van der Waals surface area contributed by atoms with E-state index in [0.717, 1.165) is 16.5 Å². The predicted molar refractivity (Wildman–Crippen MR) is 128 cm³/mol. The van der Waals surface area contributed by atoms with Crippen LogP contribution in [0.2, 0.25) is 0 Å². The fourth-order valence-electron chi connectivity index (χ4n) is 3.44. The van der Waals surface area contributed by atoms with Crippen LogP contribution < -0.4 is 10.6 Å². The van der Waals surface area contributed by atoms with E-state index in [2.05, 4.69) is 37.5 Å². The molecule has 32 heavy (non-hydrogen) atoms. The van der Waals surface area contributed by atoms with Gasteiger partial charge in [-0.2, -0.15) is 17.9 Å². The minimum Gasteiger partial charge on any atom is -0.369 e. The van der Waals surface area contributed by atoms with Crippen LogP contribution in [0, 0.1) is 5.95 Å². The van der Waals surface area contributed by atoms with Gasteiger partial charge in [0.05, 0.1) is 16.8 Å². The Balaban J connectivity index is 0.00000289. The Kier molecular flexibility index (Phi) is 7.32. The number of anilines is 1. The van der Waals surface area contributed by atoms with Crippen molar-refractivity contribution < 1.29 is 9.18 Å². The molecule has 164 valence electrons. The number of aromatic nitrogens is 4. The summed E-state index contributed by atoms with van der Waals surface area (Å²) in [4.78, 5) is 28.9. The first-order valence-corrected chi connectivity index (χ1v) is 9.84. The number of rotatable bonds is 6. The van der Waals surface area contributed by atoms with Crippen LogP contribution >= 0.6 is 13.5 Å². The number of hydrogen-bond donors (Lipinski definition) is 2. The molecule has 0 unspecified atom stereocenters. The van der Waals surface area contributed by atoms with Crippen molar-refractivity contribution in [3.63, 3.8) is 0 Å². The van der Waals surface area contributed by atoms with Crippen molar-refractivity contribution in [2.24, 2.45) is 0 Å². The number of carbonyl (C=O) groups is 1. The van der Waals surface area contributed by atoms with Crippen LogP contribution in [0.5, 0.6) is 0 Å². The molecule has 3 heterocycles. The van der Waals surface area contributed by atoms with E-state index in [0.29, 0.717) is 29.2 Å². The minimum atomic E-state index is -0.534. The normalized spacial score (nSPS) is 11.5. The molecule has 0 saturated carbocycles. The summed E-state index contributed by atoms with van der Waals surface area (Å²) in [6.45, 7) is 2.69. The van der Waals surface area contributed by atoms with E-state index in [1.54, 1.807) is 31.4 Å². The first-order chi connectivity index (χ1) is 15.1. The Morgan fingerprint density at radius 2 is 1.94 bits per heavy atom. The molecular formula is C23H23FN6OS. The van der Waals surface area contributed by atoms with Gasteiger partial charge in [-0.1, -0.05) is 25.1 Å². The van der Waals surface area contributed by atoms with Crippen LogP contribution in [-0.4, -0.2) is 39.4 Å². The van der Waals surface area contributed by atoms with Gasteiger partial charge in [-0.15, -0.1) is 0 Å². The number of fused-ring (bicyclic) bond motifs is 1. The van der Waals surface area contributed by atoms with Crippen molar-refractivity contribution in [1.82, 2.24) is 25.3 Å². The number of benzene rings is 1. The summed E-state index contributed by atoms with van der Waals surface area (Å²) in [7, 11) is 1.61. The van der Waals surface area contributed by atoms with E-state index < -0.39 is 5.95 Å². The molecule has 1 atom stereocenters. The molecule has 0 aliphatic rings. The Bertz CT molecular complexity index is 1230. The Hall–Kier alpha value is -3.59. The molecule has 0 aliphatic carbocycles. The average Bonchev–Trinajstić information content (AvgIpc) is 2.82. The number of amides is 1. The number of nitrogens with one attached hydrogen (secondary N) is 2. The maximum atomic E-state index is 13.1. The van der Waals surface area contributed by atoms with Crippen molar-refractivity contribution >= 4 is 36.1 Å². The molecule has 0 aliphatic heterocycles. The molecule has 0 saturated heterocycles. The summed E-state index contributed by atoms with van der Waals surface area (Å²) < 4.78 is 13.1. The van der Waals surface area contributed by atoms with E-state index in [4.69, 9.17) is 0 Å². The number of pyridine rings is 2. The molecule has 3 aromatic heterocycles. The van der Waals surface area contributed by atoms with Gasteiger partial charge in [0.25, 0.3) is 5.91 Å². The standard InChI is InChI=1S/C23H21FN6O.H2S/c1-14(16-4-3-5-17-18(23(31)25-2)8-9-26-22(16)17)11-28-21-10-19(29-13-30-21)15-6-7-20(24)27-12-15;/h3-10,12-14H,11H2,1-2H3,(H,25,31)(H,28,29,30);1H2/t14-;/m1./s1. The summed E-state index contributed by atoms with van der Waals surface area (Å²) in [5, 5.41) is 6.82. The van der Waals surface area contributed by atoms with E-state index in [1.807, 2.05) is 18.2 Å². The first kappa shape index (κ1) is 23.1. The summed E-state index contributed by atoms with van der Waals surface area (Å²) in [5.74, 6) is 0.0786. The molecule has 9 heteroatoms. The number of nitrogens with zero attached hydrogens (tertiary/aromatic N) is 4. The Morgan fingerprint density at radius 3 is 2.69 bits per heavy atom. The molecule has 4 rings (SSSR count). The van der Waals surface area contributed by atoms with E-state index >= 15 is 0 Å². The van der Waals surface area contributed by atoms with E-state index in [1.165, 1.54) is 18.6 Å². The Morgan fingerprint density at radius 1 is 1.09 bits per heavy atom. The van der Waals surface area contributed by atoms with Crippen molar-refractivity contribution in [2.45, 2.75) is 12.8 Å². The summed E-state index contributed by atoms with van der Waals surface area (Å²) >= 11 is 0. The van der Waals surface area contributed by atoms with Gasteiger partial charge in [-0.05, 0) is 23.8 Å². The maximum absolute atomic E-state index is 13.1. The number of para-hydroxylation sites is 1. The van der Waals surface area contributed by atoms with Crippen LogP contribution in [0.1, 0.15) is 28.8 Å². The van der Waals surface area contributed by atoms with Crippen molar-refractivity contribution in [3.05, 3.63) is 78.3 Å². The molecule has 1 aromatic carbocycles. The summed E-state index contributed by atoms with van der Waals surface area (Å²) in [6.07, 6.45) is 4.56. The highest BCUT2D eigenvalue weighted by molar-refractivity contribution is 7.59. The molecule has 0 bridgehead atoms. The monoisotopic (exact) mass is 450 g/mol. The lowest BCUT2D eigenvalue weighted by atomic mass is 9.96. The van der Waals surface area contributed by atoms with Crippen LogP contribution in [0.4, 0.5) is 10.2 Å². The van der Waals surface area contributed by atoms with Crippen LogP contribution in [0.15, 0.2) is 61.2 Å². The van der Waals surface area contributed by atoms with Crippen LogP contribution in [-0.2, 0) is 0 Å². The third-order valence-corrected chi connectivity index (χ3v) is 5.08. The molecule has 7 nitrogen and oxygen atoms in total. The maximum Gasteiger partial charge on any atom is 0.251 e. The summed E-state index contributed by atoms with van der Waals surface area (Å²) in [6, 6.07) is 12.3. The number of hydrogen-bond acceptors (Lipinski definition) is 6. The van der Waals surface area contributed by atoms with Crippen LogP contribution in [0.3, 0.4) is 0 Å². The van der Waals surface area contributed by atoms with Gasteiger partial charge in [-0.3, -0.25) is 9.78 Å². The molecule has 4 aromatic rings. The average molecular weight is 451 g/mol. The largest absolute Gasteiger partial charge is 0.369 e. The molecule has 0 fully saturated rings. The SMILES string of the molecule is CNC(=O)c1ccnc2c([C@H](C)CNc3cc(-c4ccc(F)nc4)ncn3)cccc12.S. The number of halogens is 1. The zero-order valence-electron chi connectivity index (χ0n) is 17.6. The lowest BCUT2D eigenvalue weighted by molar-refractivity contribution is 0.0964. The van der Waals surface area contributed by atoms with Gasteiger partial charge < -0.3 is 10.6 Å². The predicted octanol–water partition coefficient (Wildman–Crippen LogP) is 3.91. The third kappa shape index (κ3) is 4.83. The molecule has 1 amide bonds. The second-order valence-corrected chi connectivity index (χ2v) is 7.12. The van der Waals surface area contributed by atoms with E-state index in [9.17, 15) is 9.18 Å². The molecular weight excluding hydrogens is 427 g/mol. The van der Waals surface area contributed by atoms with Gasteiger partial charge >= 0.3 is 0 Å². The quantitative estimate of drug-likeness (QED) is 0.433. The summed E-state index contributed by atoms with van der Waals surface area (Å²) in [5.41, 5.74) is 3.80. The molecule has 0 radical (unpaired) electrons. The zero-order chi connectivity index (χ0) is 21.8. The topological polar surface area (TPSA) is 92.7 Å². The highest BCUT2D eigenvalue weighted by Crippen LogP contribution is 2.27. The van der Waals surface area contributed by atoms with Crippen molar-refractivity contribution in [3.8, 4) is 11.3 Å². The molecule has 0 spiro atoms. The fraction of sp³-hybridized carbons (Fsp3) is 0.174. The van der Waals surface area contributed by atoms with Gasteiger partial charge in [-0.25, -0.2) is 15.0 Å². The number of carbonyl (C=O) groups excluding carboxylic acids is 1. The fourth-order valence-corrected chi connectivity index (χ4v) is 3.44. The Labute approximate surface area is 192 Å².